The summed E-state index contributed by atoms with van der Waals surface area (Å²) in [7, 11) is 1.60. The predicted octanol–water partition coefficient (Wildman–Crippen LogP) is 3.00. The second kappa shape index (κ2) is 5.96. The van der Waals surface area contributed by atoms with Crippen molar-refractivity contribution in [3.05, 3.63) is 70.2 Å². The molecule has 0 saturated heterocycles. The number of ether oxygens (including phenoxy) is 1. The van der Waals surface area contributed by atoms with Crippen LogP contribution >= 0.6 is 0 Å². The van der Waals surface area contributed by atoms with Crippen molar-refractivity contribution in [3.8, 4) is 5.75 Å². The molecule has 5 nitrogen and oxygen atoms in total. The van der Waals surface area contributed by atoms with E-state index in [9.17, 15) is 9.59 Å². The Hall–Kier alpha value is -3.08. The Morgan fingerprint density at radius 2 is 2.00 bits per heavy atom. The van der Waals surface area contributed by atoms with Crippen molar-refractivity contribution in [1.29, 1.82) is 0 Å². The van der Waals surface area contributed by atoms with Crippen LogP contribution in [0.5, 0.6) is 5.75 Å². The number of aryl methyl sites for hydroxylation is 1. The number of aromatic nitrogens is 2. The average Bonchev–Trinajstić information content (AvgIpc) is 2.89. The van der Waals surface area contributed by atoms with Crippen molar-refractivity contribution in [2.24, 2.45) is 0 Å². The Bertz CT molecular complexity index is 964. The average molecular weight is 308 g/mol. The van der Waals surface area contributed by atoms with Crippen molar-refractivity contribution < 1.29 is 9.53 Å². The normalized spacial score (nSPS) is 11.2. The predicted molar refractivity (Wildman–Crippen MR) is 90.0 cm³/mol. The Labute approximate surface area is 132 Å². The van der Waals surface area contributed by atoms with Gasteiger partial charge in [0, 0.05) is 6.08 Å². The molecule has 0 unspecified atom stereocenters. The molecular formula is C18H16N2O3. The zero-order valence-electron chi connectivity index (χ0n) is 12.9. The highest BCUT2D eigenvalue weighted by molar-refractivity contribution is 5.99. The summed E-state index contributed by atoms with van der Waals surface area (Å²) in [6, 6.07) is 12.7. The molecule has 0 atom stereocenters. The highest BCUT2D eigenvalue weighted by atomic mass is 16.5. The van der Waals surface area contributed by atoms with Crippen LogP contribution in [0.25, 0.3) is 17.1 Å². The first-order chi connectivity index (χ1) is 11.1. The van der Waals surface area contributed by atoms with Crippen LogP contribution < -0.4 is 10.4 Å². The van der Waals surface area contributed by atoms with E-state index < -0.39 is 11.6 Å². The van der Waals surface area contributed by atoms with E-state index in [-0.39, 0.29) is 0 Å². The van der Waals surface area contributed by atoms with E-state index >= 15 is 0 Å². The minimum Gasteiger partial charge on any atom is -0.496 e. The van der Waals surface area contributed by atoms with Crippen LogP contribution in [0.1, 0.15) is 15.9 Å². The number of carbonyl (C=O) groups is 1. The molecule has 1 heterocycles. The monoisotopic (exact) mass is 308 g/mol. The van der Waals surface area contributed by atoms with Gasteiger partial charge in [-0.15, -0.1) is 0 Å². The van der Waals surface area contributed by atoms with Gasteiger partial charge in [-0.2, -0.15) is 0 Å². The highest BCUT2D eigenvalue weighted by Gasteiger charge is 2.10. The zero-order valence-corrected chi connectivity index (χ0v) is 12.9. The molecule has 23 heavy (non-hydrogen) atoms. The molecule has 5 heteroatoms. The molecule has 0 bridgehead atoms. The third kappa shape index (κ3) is 2.81. The number of H-pyrrole nitrogens is 1. The number of hydrogen-bond acceptors (Lipinski definition) is 3. The summed E-state index contributed by atoms with van der Waals surface area (Å²) in [5.41, 5.74) is 2.60. The summed E-state index contributed by atoms with van der Waals surface area (Å²) in [5, 5.41) is 0. The molecule has 0 spiro atoms. The number of aromatic amines is 1. The zero-order chi connectivity index (χ0) is 16.4. The quantitative estimate of drug-likeness (QED) is 0.757. The van der Waals surface area contributed by atoms with Crippen molar-refractivity contribution in [2.75, 3.05) is 7.11 Å². The van der Waals surface area contributed by atoms with Gasteiger partial charge in [0.2, 0.25) is 0 Å². The smallest absolute Gasteiger partial charge is 0.333 e. The van der Waals surface area contributed by atoms with Gasteiger partial charge in [-0.3, -0.25) is 4.79 Å². The van der Waals surface area contributed by atoms with Crippen molar-refractivity contribution in [1.82, 2.24) is 9.55 Å². The number of carbonyl (C=O) groups excluding carboxylic acids is 1. The van der Waals surface area contributed by atoms with E-state index in [0.29, 0.717) is 11.0 Å². The molecule has 2 aromatic carbocycles. The molecule has 3 rings (SSSR count). The number of fused-ring (bicyclic) bond motifs is 1. The fraction of sp³-hybridized carbons (Fsp3) is 0.111. The highest BCUT2D eigenvalue weighted by Crippen LogP contribution is 2.19. The molecule has 0 aliphatic carbocycles. The Kier molecular flexibility index (Phi) is 3.85. The fourth-order valence-corrected chi connectivity index (χ4v) is 2.46. The molecule has 0 radical (unpaired) electrons. The van der Waals surface area contributed by atoms with Gasteiger partial charge in [0.15, 0.2) is 0 Å². The Morgan fingerprint density at radius 3 is 2.78 bits per heavy atom. The van der Waals surface area contributed by atoms with Crippen LogP contribution in [0.2, 0.25) is 0 Å². The van der Waals surface area contributed by atoms with Crippen LogP contribution in [0, 0.1) is 6.92 Å². The maximum atomic E-state index is 12.4. The molecule has 1 N–H and O–H groups in total. The first-order valence-electron chi connectivity index (χ1n) is 7.17. The molecule has 3 aromatic rings. The van der Waals surface area contributed by atoms with E-state index in [1.807, 2.05) is 31.2 Å². The van der Waals surface area contributed by atoms with E-state index in [2.05, 4.69) is 4.98 Å². The largest absolute Gasteiger partial charge is 0.496 e. The van der Waals surface area contributed by atoms with Gasteiger partial charge in [-0.25, -0.2) is 9.36 Å². The Balaban J connectivity index is 1.95. The number of nitrogens with one attached hydrogen (secondary N) is 1. The summed E-state index contributed by atoms with van der Waals surface area (Å²) in [5.74, 6) is 0.357. The second-order valence-electron chi connectivity index (χ2n) is 5.18. The lowest BCUT2D eigenvalue weighted by Gasteiger charge is -2.04. The van der Waals surface area contributed by atoms with Gasteiger partial charge < -0.3 is 9.72 Å². The van der Waals surface area contributed by atoms with Crippen LogP contribution in [-0.2, 0) is 0 Å². The molecule has 0 fully saturated rings. The Morgan fingerprint density at radius 1 is 1.22 bits per heavy atom. The minimum absolute atomic E-state index is 0.396. The van der Waals surface area contributed by atoms with Crippen LogP contribution in [-0.4, -0.2) is 22.6 Å². The number of nitrogens with zero attached hydrogens (tertiary/aromatic N) is 1. The van der Waals surface area contributed by atoms with E-state index in [1.165, 1.54) is 6.08 Å². The lowest BCUT2D eigenvalue weighted by Crippen LogP contribution is -2.22. The lowest BCUT2D eigenvalue weighted by atomic mass is 10.1. The number of methoxy groups -OCH3 is 1. The van der Waals surface area contributed by atoms with Gasteiger partial charge in [-0.05, 0) is 42.3 Å². The summed E-state index contributed by atoms with van der Waals surface area (Å²) < 4.78 is 6.38. The molecule has 0 aliphatic rings. The molecule has 1 aromatic heterocycles. The van der Waals surface area contributed by atoms with Crippen molar-refractivity contribution in [2.45, 2.75) is 6.92 Å². The van der Waals surface area contributed by atoms with E-state index in [1.54, 1.807) is 31.4 Å². The first kappa shape index (κ1) is 14.8. The standard InChI is InChI=1S/C18H16N2O3/c1-12-7-8-13(11-16(12)23-2)9-10-17(21)20-15-6-4-3-5-14(15)19-18(20)22/h3-11H,1-2H3,(H,19,22)/b10-9+. The number of allylic oxidation sites excluding steroid dienone is 1. The summed E-state index contributed by atoms with van der Waals surface area (Å²) in [6.45, 7) is 1.95. The van der Waals surface area contributed by atoms with Gasteiger partial charge in [-0.1, -0.05) is 24.3 Å². The van der Waals surface area contributed by atoms with Crippen molar-refractivity contribution >= 4 is 23.0 Å². The molecule has 0 aliphatic heterocycles. The van der Waals surface area contributed by atoms with Crippen LogP contribution in [0.3, 0.4) is 0 Å². The minimum atomic E-state index is -0.442. The van der Waals surface area contributed by atoms with E-state index in [4.69, 9.17) is 4.74 Å². The first-order valence-corrected chi connectivity index (χ1v) is 7.17. The SMILES string of the molecule is COc1cc(/C=C/C(=O)n2c(=O)[nH]c3ccccc32)ccc1C. The fourth-order valence-electron chi connectivity index (χ4n) is 2.46. The second-order valence-corrected chi connectivity index (χ2v) is 5.18. The van der Waals surface area contributed by atoms with Gasteiger partial charge >= 0.3 is 5.69 Å². The van der Waals surface area contributed by atoms with Gasteiger partial charge in [0.05, 0.1) is 18.1 Å². The molecule has 0 saturated carbocycles. The topological polar surface area (TPSA) is 64.1 Å². The maximum Gasteiger partial charge on any atom is 0.333 e. The third-order valence-corrected chi connectivity index (χ3v) is 3.66. The maximum absolute atomic E-state index is 12.4. The summed E-state index contributed by atoms with van der Waals surface area (Å²) >= 11 is 0. The number of para-hydroxylation sites is 2. The molecular weight excluding hydrogens is 292 g/mol. The number of benzene rings is 2. The summed E-state index contributed by atoms with van der Waals surface area (Å²) in [6.07, 6.45) is 3.05. The molecule has 0 amide bonds. The lowest BCUT2D eigenvalue weighted by molar-refractivity contribution is 0.0971. The van der Waals surface area contributed by atoms with Gasteiger partial charge in [0.25, 0.3) is 5.91 Å². The number of rotatable bonds is 3. The van der Waals surface area contributed by atoms with Crippen LogP contribution in [0.4, 0.5) is 0 Å². The number of imidazole rings is 1. The number of hydrogen-bond donors (Lipinski definition) is 1. The van der Waals surface area contributed by atoms with Crippen molar-refractivity contribution in [3.63, 3.8) is 0 Å². The third-order valence-electron chi connectivity index (χ3n) is 3.66. The van der Waals surface area contributed by atoms with E-state index in [0.717, 1.165) is 21.4 Å². The van der Waals surface area contributed by atoms with Gasteiger partial charge in [0.1, 0.15) is 5.75 Å². The summed E-state index contributed by atoms with van der Waals surface area (Å²) in [4.78, 5) is 27.0. The molecule has 116 valence electrons. The van der Waals surface area contributed by atoms with Crippen LogP contribution in [0.15, 0.2) is 53.3 Å².